The first-order valence-corrected chi connectivity index (χ1v) is 8.91. The summed E-state index contributed by atoms with van der Waals surface area (Å²) >= 11 is 0. The average Bonchev–Trinajstić information content (AvgIpc) is 2.42. The van der Waals surface area contributed by atoms with E-state index in [2.05, 4.69) is 23.6 Å². The van der Waals surface area contributed by atoms with Crippen molar-refractivity contribution < 1.29 is 8.42 Å². The number of sulfonamides is 1. The van der Waals surface area contributed by atoms with Crippen LogP contribution in [0.15, 0.2) is 23.1 Å². The maximum atomic E-state index is 12.5. The molecule has 5 nitrogen and oxygen atoms in total. The molecule has 1 aliphatic heterocycles. The molecule has 1 saturated heterocycles. The van der Waals surface area contributed by atoms with E-state index in [1.54, 1.807) is 18.2 Å². The quantitative estimate of drug-likeness (QED) is 0.825. The van der Waals surface area contributed by atoms with Gasteiger partial charge in [-0.05, 0) is 50.0 Å². The number of likely N-dealkylation sites (tertiary alicyclic amines) is 1. The lowest BCUT2D eigenvalue weighted by Crippen LogP contribution is -2.48. The molecule has 0 aromatic heterocycles. The molecule has 0 bridgehead atoms. The number of hydrogen-bond donors (Lipinski definition) is 2. The molecule has 2 unspecified atom stereocenters. The van der Waals surface area contributed by atoms with Gasteiger partial charge in [-0.3, -0.25) is 0 Å². The van der Waals surface area contributed by atoms with Crippen molar-refractivity contribution >= 4 is 15.7 Å². The molecule has 1 aliphatic rings. The Morgan fingerprint density at radius 1 is 1.43 bits per heavy atom. The van der Waals surface area contributed by atoms with Crippen molar-refractivity contribution in [3.05, 3.63) is 23.8 Å². The van der Waals surface area contributed by atoms with Crippen molar-refractivity contribution in [2.24, 2.45) is 5.92 Å². The highest BCUT2D eigenvalue weighted by atomic mass is 32.2. The van der Waals surface area contributed by atoms with Crippen LogP contribution in [0.2, 0.25) is 0 Å². The van der Waals surface area contributed by atoms with Crippen molar-refractivity contribution in [3.63, 3.8) is 0 Å². The molecule has 0 saturated carbocycles. The minimum Gasteiger partial charge on any atom is -0.398 e. The van der Waals surface area contributed by atoms with Gasteiger partial charge < -0.3 is 10.6 Å². The largest absolute Gasteiger partial charge is 0.398 e. The molecule has 1 aromatic rings. The molecule has 2 rings (SSSR count). The van der Waals surface area contributed by atoms with Gasteiger partial charge in [-0.25, -0.2) is 13.1 Å². The van der Waals surface area contributed by atoms with Gasteiger partial charge in [0.05, 0.1) is 4.90 Å². The Labute approximate surface area is 127 Å². The van der Waals surface area contributed by atoms with E-state index in [0.29, 0.717) is 11.6 Å². The Morgan fingerprint density at radius 2 is 2.14 bits per heavy atom. The van der Waals surface area contributed by atoms with Gasteiger partial charge >= 0.3 is 0 Å². The summed E-state index contributed by atoms with van der Waals surface area (Å²) in [5.41, 5.74) is 7.42. The van der Waals surface area contributed by atoms with Crippen LogP contribution in [0.1, 0.15) is 25.8 Å². The van der Waals surface area contributed by atoms with E-state index in [9.17, 15) is 8.42 Å². The molecule has 6 heteroatoms. The summed E-state index contributed by atoms with van der Waals surface area (Å²) in [6.45, 7) is 5.90. The normalized spacial score (nSPS) is 24.1. The van der Waals surface area contributed by atoms with Crippen LogP contribution in [0.5, 0.6) is 0 Å². The van der Waals surface area contributed by atoms with Gasteiger partial charge in [0.2, 0.25) is 10.0 Å². The summed E-state index contributed by atoms with van der Waals surface area (Å²) in [5.74, 6) is 0.297. The second-order valence-corrected chi connectivity index (χ2v) is 7.68. The van der Waals surface area contributed by atoms with Crippen LogP contribution in [-0.2, 0) is 16.4 Å². The SMILES string of the molecule is CCc1ccc(S(=O)(=O)NC2CCN(C)CC2C)cc1N. The van der Waals surface area contributed by atoms with Crippen molar-refractivity contribution in [1.29, 1.82) is 0 Å². The zero-order valence-corrected chi connectivity index (χ0v) is 13.8. The molecular formula is C15H25N3O2S. The Morgan fingerprint density at radius 3 is 2.71 bits per heavy atom. The lowest BCUT2D eigenvalue weighted by Gasteiger charge is -2.34. The van der Waals surface area contributed by atoms with E-state index in [1.165, 1.54) is 0 Å². The summed E-state index contributed by atoms with van der Waals surface area (Å²) in [6, 6.07) is 4.97. The lowest BCUT2D eigenvalue weighted by atomic mass is 9.95. The van der Waals surface area contributed by atoms with Crippen LogP contribution in [0.3, 0.4) is 0 Å². The monoisotopic (exact) mass is 311 g/mol. The summed E-state index contributed by atoms with van der Waals surface area (Å²) in [6.07, 6.45) is 1.63. The van der Waals surface area contributed by atoms with Gasteiger partial charge in [0, 0.05) is 18.3 Å². The number of nitrogens with two attached hydrogens (primary N) is 1. The molecule has 2 atom stereocenters. The summed E-state index contributed by atoms with van der Waals surface area (Å²) in [5, 5.41) is 0. The predicted octanol–water partition coefficient (Wildman–Crippen LogP) is 1.45. The number of hydrogen-bond acceptors (Lipinski definition) is 4. The molecule has 0 spiro atoms. The first-order valence-electron chi connectivity index (χ1n) is 7.42. The molecule has 0 aliphatic carbocycles. The van der Waals surface area contributed by atoms with Crippen molar-refractivity contribution in [1.82, 2.24) is 9.62 Å². The molecule has 0 radical (unpaired) electrons. The van der Waals surface area contributed by atoms with E-state index in [1.807, 2.05) is 6.92 Å². The highest BCUT2D eigenvalue weighted by molar-refractivity contribution is 7.89. The number of nitrogens with zero attached hydrogens (tertiary/aromatic N) is 1. The maximum Gasteiger partial charge on any atom is 0.240 e. The first kappa shape index (κ1) is 16.3. The topological polar surface area (TPSA) is 75.4 Å². The highest BCUT2D eigenvalue weighted by Crippen LogP contribution is 2.21. The number of rotatable bonds is 4. The minimum atomic E-state index is -3.51. The third-order valence-electron chi connectivity index (χ3n) is 4.22. The van der Waals surface area contributed by atoms with E-state index >= 15 is 0 Å². The average molecular weight is 311 g/mol. The second-order valence-electron chi connectivity index (χ2n) is 5.97. The van der Waals surface area contributed by atoms with E-state index in [0.717, 1.165) is 31.5 Å². The molecule has 1 fully saturated rings. The van der Waals surface area contributed by atoms with Gasteiger partial charge in [0.1, 0.15) is 0 Å². The maximum absolute atomic E-state index is 12.5. The fourth-order valence-corrected chi connectivity index (χ4v) is 4.27. The molecular weight excluding hydrogens is 286 g/mol. The third kappa shape index (κ3) is 3.75. The number of benzene rings is 1. The summed E-state index contributed by atoms with van der Waals surface area (Å²) < 4.78 is 27.8. The second kappa shape index (κ2) is 6.34. The smallest absolute Gasteiger partial charge is 0.240 e. The predicted molar refractivity (Wildman–Crippen MR) is 85.6 cm³/mol. The van der Waals surface area contributed by atoms with Gasteiger partial charge in [-0.15, -0.1) is 0 Å². The van der Waals surface area contributed by atoms with Crippen LogP contribution < -0.4 is 10.5 Å². The molecule has 1 heterocycles. The van der Waals surface area contributed by atoms with Crippen LogP contribution >= 0.6 is 0 Å². The molecule has 0 amide bonds. The van der Waals surface area contributed by atoms with Crippen molar-refractivity contribution in [3.8, 4) is 0 Å². The van der Waals surface area contributed by atoms with Gasteiger partial charge in [0.15, 0.2) is 0 Å². The molecule has 1 aromatic carbocycles. The van der Waals surface area contributed by atoms with Gasteiger partial charge in [0.25, 0.3) is 0 Å². The standard InChI is InChI=1S/C15H25N3O2S/c1-4-12-5-6-13(9-14(12)16)21(19,20)17-15-7-8-18(3)10-11(15)2/h5-6,9,11,15,17H,4,7-8,10,16H2,1-3H3. The van der Waals surface area contributed by atoms with Crippen LogP contribution in [0.25, 0.3) is 0 Å². The van der Waals surface area contributed by atoms with Gasteiger partial charge in [-0.1, -0.05) is 19.9 Å². The third-order valence-corrected chi connectivity index (χ3v) is 5.71. The highest BCUT2D eigenvalue weighted by Gasteiger charge is 2.28. The molecule has 3 N–H and O–H groups in total. The number of nitrogen functional groups attached to an aromatic ring is 1. The van der Waals surface area contributed by atoms with Crippen LogP contribution in [0, 0.1) is 5.92 Å². The Bertz CT molecular complexity index is 601. The Balaban J connectivity index is 2.17. The number of nitrogens with one attached hydrogen (secondary N) is 1. The van der Waals surface area contributed by atoms with E-state index in [-0.39, 0.29) is 10.9 Å². The van der Waals surface area contributed by atoms with E-state index in [4.69, 9.17) is 5.73 Å². The fraction of sp³-hybridized carbons (Fsp3) is 0.600. The van der Waals surface area contributed by atoms with E-state index < -0.39 is 10.0 Å². The number of aryl methyl sites for hydroxylation is 1. The van der Waals surface area contributed by atoms with Crippen LogP contribution in [0.4, 0.5) is 5.69 Å². The Hall–Kier alpha value is -1.11. The zero-order valence-electron chi connectivity index (χ0n) is 13.0. The zero-order chi connectivity index (χ0) is 15.6. The Kier molecular flexibility index (Phi) is 4.91. The van der Waals surface area contributed by atoms with Crippen LogP contribution in [-0.4, -0.2) is 39.5 Å². The molecule has 21 heavy (non-hydrogen) atoms. The van der Waals surface area contributed by atoms with Gasteiger partial charge in [-0.2, -0.15) is 0 Å². The van der Waals surface area contributed by atoms with Crippen molar-refractivity contribution in [2.45, 2.75) is 37.6 Å². The fourth-order valence-electron chi connectivity index (χ4n) is 2.86. The number of anilines is 1. The molecule has 118 valence electrons. The van der Waals surface area contributed by atoms with Crippen molar-refractivity contribution in [2.75, 3.05) is 25.9 Å². The number of piperidine rings is 1. The first-order chi connectivity index (χ1) is 9.83. The minimum absolute atomic E-state index is 0.0155. The lowest BCUT2D eigenvalue weighted by molar-refractivity contribution is 0.188. The summed E-state index contributed by atoms with van der Waals surface area (Å²) in [4.78, 5) is 2.48. The summed E-state index contributed by atoms with van der Waals surface area (Å²) in [7, 11) is -1.45.